The minimum Gasteiger partial charge on any atom is -0.298 e. The van der Waals surface area contributed by atoms with Gasteiger partial charge in [-0.2, -0.15) is 13.2 Å². The summed E-state index contributed by atoms with van der Waals surface area (Å²) in [5.41, 5.74) is -0.465. The Hall–Kier alpha value is -1.58. The standard InChI is InChI=1S/C11H9F3O/c1-8(7-15)6-9-4-2-3-5-10(9)11(12,13)14/h2-7H,1H3. The average Bonchev–Trinajstić information content (AvgIpc) is 2.17. The maximum absolute atomic E-state index is 12.5. The zero-order valence-electron chi connectivity index (χ0n) is 8.01. The lowest BCUT2D eigenvalue weighted by Gasteiger charge is -2.09. The molecule has 0 saturated carbocycles. The van der Waals surface area contributed by atoms with Crippen molar-refractivity contribution in [2.24, 2.45) is 0 Å². The molecule has 0 aromatic heterocycles. The molecule has 4 heteroatoms. The van der Waals surface area contributed by atoms with Gasteiger partial charge in [0.2, 0.25) is 0 Å². The highest BCUT2D eigenvalue weighted by Crippen LogP contribution is 2.32. The third-order valence-corrected chi connectivity index (χ3v) is 1.84. The van der Waals surface area contributed by atoms with Gasteiger partial charge in [0, 0.05) is 0 Å². The first kappa shape index (κ1) is 11.5. The molecule has 80 valence electrons. The van der Waals surface area contributed by atoms with Crippen molar-refractivity contribution < 1.29 is 18.0 Å². The van der Waals surface area contributed by atoms with Gasteiger partial charge in [0.25, 0.3) is 0 Å². The summed E-state index contributed by atoms with van der Waals surface area (Å²) in [5.74, 6) is 0. The van der Waals surface area contributed by atoms with Crippen molar-refractivity contribution in [1.82, 2.24) is 0 Å². The second kappa shape index (κ2) is 4.29. The molecule has 0 fully saturated rings. The lowest BCUT2D eigenvalue weighted by Crippen LogP contribution is -2.07. The van der Waals surface area contributed by atoms with Crippen LogP contribution in [0.25, 0.3) is 6.08 Å². The van der Waals surface area contributed by atoms with Gasteiger partial charge in [-0.05, 0) is 30.2 Å². The van der Waals surface area contributed by atoms with Crippen molar-refractivity contribution in [3.63, 3.8) is 0 Å². The zero-order chi connectivity index (χ0) is 11.5. The Balaban J connectivity index is 3.24. The van der Waals surface area contributed by atoms with Crippen LogP contribution in [0.4, 0.5) is 13.2 Å². The molecule has 1 rings (SSSR count). The Bertz CT molecular complexity index is 391. The van der Waals surface area contributed by atoms with Gasteiger partial charge < -0.3 is 0 Å². The largest absolute Gasteiger partial charge is 0.416 e. The predicted molar refractivity (Wildman–Crippen MR) is 51.2 cm³/mol. The molecule has 0 N–H and O–H groups in total. The maximum Gasteiger partial charge on any atom is 0.416 e. The first-order valence-electron chi connectivity index (χ1n) is 4.25. The number of halogens is 3. The summed E-state index contributed by atoms with van der Waals surface area (Å²) in [6.45, 7) is 1.46. The van der Waals surface area contributed by atoms with Crippen molar-refractivity contribution in [3.8, 4) is 0 Å². The summed E-state index contributed by atoms with van der Waals surface area (Å²) in [6, 6.07) is 5.13. The lowest BCUT2D eigenvalue weighted by atomic mass is 10.1. The first-order chi connectivity index (χ1) is 6.95. The normalized spacial score (nSPS) is 12.7. The molecule has 15 heavy (non-hydrogen) atoms. The summed E-state index contributed by atoms with van der Waals surface area (Å²) < 4.78 is 37.5. The Morgan fingerprint density at radius 1 is 1.27 bits per heavy atom. The summed E-state index contributed by atoms with van der Waals surface area (Å²) >= 11 is 0. The van der Waals surface area contributed by atoms with E-state index in [2.05, 4.69) is 0 Å². The van der Waals surface area contributed by atoms with E-state index < -0.39 is 11.7 Å². The van der Waals surface area contributed by atoms with Crippen LogP contribution in [0.5, 0.6) is 0 Å². The zero-order valence-corrected chi connectivity index (χ0v) is 8.01. The molecular formula is C11H9F3O. The third-order valence-electron chi connectivity index (χ3n) is 1.84. The van der Waals surface area contributed by atoms with Crippen molar-refractivity contribution >= 4 is 12.4 Å². The van der Waals surface area contributed by atoms with Crippen molar-refractivity contribution in [3.05, 3.63) is 41.0 Å². The van der Waals surface area contributed by atoms with E-state index in [-0.39, 0.29) is 11.1 Å². The molecule has 0 aliphatic rings. The van der Waals surface area contributed by atoms with Crippen LogP contribution >= 0.6 is 0 Å². The summed E-state index contributed by atoms with van der Waals surface area (Å²) in [6.07, 6.45) is -2.65. The van der Waals surface area contributed by atoms with Crippen LogP contribution in [0, 0.1) is 0 Å². The average molecular weight is 214 g/mol. The van der Waals surface area contributed by atoms with Crippen LogP contribution in [0.2, 0.25) is 0 Å². The number of hydrogen-bond donors (Lipinski definition) is 0. The highest BCUT2D eigenvalue weighted by atomic mass is 19.4. The molecule has 0 unspecified atom stereocenters. The number of alkyl halides is 3. The molecule has 0 amide bonds. The van der Waals surface area contributed by atoms with E-state index in [4.69, 9.17) is 0 Å². The summed E-state index contributed by atoms with van der Waals surface area (Å²) in [7, 11) is 0. The Labute approximate surface area is 85.2 Å². The maximum atomic E-state index is 12.5. The highest BCUT2D eigenvalue weighted by Gasteiger charge is 2.32. The molecule has 0 spiro atoms. The van der Waals surface area contributed by atoms with E-state index in [9.17, 15) is 18.0 Å². The molecule has 0 aliphatic heterocycles. The van der Waals surface area contributed by atoms with Gasteiger partial charge in [-0.15, -0.1) is 0 Å². The van der Waals surface area contributed by atoms with Gasteiger partial charge in [0.05, 0.1) is 5.56 Å². The molecule has 0 aliphatic carbocycles. The van der Waals surface area contributed by atoms with Crippen LogP contribution in [-0.2, 0) is 11.0 Å². The lowest BCUT2D eigenvalue weighted by molar-refractivity contribution is -0.137. The second-order valence-electron chi connectivity index (χ2n) is 3.09. The van der Waals surface area contributed by atoms with Gasteiger partial charge in [-0.3, -0.25) is 4.79 Å². The predicted octanol–water partition coefficient (Wildman–Crippen LogP) is 3.31. The molecule has 0 atom stereocenters. The SMILES string of the molecule is CC(C=O)=Cc1ccccc1C(F)(F)F. The molecule has 0 saturated heterocycles. The number of aldehydes is 1. The van der Waals surface area contributed by atoms with Crippen LogP contribution < -0.4 is 0 Å². The number of allylic oxidation sites excluding steroid dienone is 1. The van der Waals surface area contributed by atoms with Crippen molar-refractivity contribution in [2.45, 2.75) is 13.1 Å². The molecule has 1 aromatic carbocycles. The fraction of sp³-hybridized carbons (Fsp3) is 0.182. The number of rotatable bonds is 2. The topological polar surface area (TPSA) is 17.1 Å². The highest BCUT2D eigenvalue weighted by molar-refractivity contribution is 5.81. The van der Waals surface area contributed by atoms with E-state index in [1.54, 1.807) is 0 Å². The molecule has 0 heterocycles. The number of carbonyl (C=O) groups is 1. The smallest absolute Gasteiger partial charge is 0.298 e. The Kier molecular flexibility index (Phi) is 3.29. The Morgan fingerprint density at radius 2 is 1.87 bits per heavy atom. The monoisotopic (exact) mass is 214 g/mol. The van der Waals surface area contributed by atoms with Crippen molar-refractivity contribution in [1.29, 1.82) is 0 Å². The van der Waals surface area contributed by atoms with E-state index in [0.29, 0.717) is 6.29 Å². The number of benzene rings is 1. The fourth-order valence-corrected chi connectivity index (χ4v) is 1.16. The summed E-state index contributed by atoms with van der Waals surface area (Å²) in [5, 5.41) is 0. The van der Waals surface area contributed by atoms with Gasteiger partial charge in [-0.25, -0.2) is 0 Å². The van der Waals surface area contributed by atoms with Gasteiger partial charge >= 0.3 is 6.18 Å². The van der Waals surface area contributed by atoms with Gasteiger partial charge in [0.1, 0.15) is 6.29 Å². The third kappa shape index (κ3) is 2.94. The minimum absolute atomic E-state index is 0.00889. The van der Waals surface area contributed by atoms with E-state index in [1.807, 2.05) is 0 Å². The number of hydrogen-bond acceptors (Lipinski definition) is 1. The van der Waals surface area contributed by atoms with E-state index in [0.717, 1.165) is 6.07 Å². The van der Waals surface area contributed by atoms with E-state index in [1.165, 1.54) is 31.2 Å². The first-order valence-corrected chi connectivity index (χ1v) is 4.25. The fourth-order valence-electron chi connectivity index (χ4n) is 1.16. The van der Waals surface area contributed by atoms with Gasteiger partial charge in [-0.1, -0.05) is 18.2 Å². The van der Waals surface area contributed by atoms with Crippen LogP contribution in [0.1, 0.15) is 18.1 Å². The van der Waals surface area contributed by atoms with Crippen molar-refractivity contribution in [2.75, 3.05) is 0 Å². The second-order valence-corrected chi connectivity index (χ2v) is 3.09. The Morgan fingerprint density at radius 3 is 2.40 bits per heavy atom. The van der Waals surface area contributed by atoms with Crippen LogP contribution in [0.3, 0.4) is 0 Å². The molecule has 1 aromatic rings. The van der Waals surface area contributed by atoms with E-state index >= 15 is 0 Å². The summed E-state index contributed by atoms with van der Waals surface area (Å²) in [4.78, 5) is 10.3. The molecule has 0 radical (unpaired) electrons. The molecular weight excluding hydrogens is 205 g/mol. The van der Waals surface area contributed by atoms with Gasteiger partial charge in [0.15, 0.2) is 0 Å². The van der Waals surface area contributed by atoms with Crippen LogP contribution in [0.15, 0.2) is 29.8 Å². The molecule has 0 bridgehead atoms. The van der Waals surface area contributed by atoms with Crippen LogP contribution in [-0.4, -0.2) is 6.29 Å². The quantitative estimate of drug-likeness (QED) is 0.545. The number of carbonyl (C=O) groups excluding carboxylic acids is 1. The molecule has 1 nitrogen and oxygen atoms in total. The minimum atomic E-state index is -4.39.